The molecule has 2 heterocycles. The van der Waals surface area contributed by atoms with Gasteiger partial charge in [-0.15, -0.1) is 0 Å². The van der Waals surface area contributed by atoms with Gasteiger partial charge in [-0.3, -0.25) is 0 Å². The van der Waals surface area contributed by atoms with Crippen LogP contribution in [0.3, 0.4) is 0 Å². The molecular formula is C57H39N3S. The summed E-state index contributed by atoms with van der Waals surface area (Å²) < 4.78 is 0. The van der Waals surface area contributed by atoms with Crippen molar-refractivity contribution in [3.8, 4) is 89.8 Å². The molecule has 0 N–H and O–H groups in total. The van der Waals surface area contributed by atoms with E-state index in [-0.39, 0.29) is 0 Å². The summed E-state index contributed by atoms with van der Waals surface area (Å²) in [6, 6.07) is 82.8. The van der Waals surface area contributed by atoms with Gasteiger partial charge in [-0.1, -0.05) is 206 Å². The number of benzene rings is 8. The van der Waals surface area contributed by atoms with Crippen molar-refractivity contribution in [2.75, 3.05) is 0 Å². The van der Waals surface area contributed by atoms with Crippen molar-refractivity contribution >= 4 is 11.8 Å². The van der Waals surface area contributed by atoms with Crippen LogP contribution >= 0.6 is 11.8 Å². The molecule has 4 heteroatoms. The lowest BCUT2D eigenvalue weighted by Crippen LogP contribution is -1.95. The van der Waals surface area contributed by atoms with E-state index in [1.54, 1.807) is 11.8 Å². The van der Waals surface area contributed by atoms with E-state index >= 15 is 0 Å². The quantitative estimate of drug-likeness (QED) is 0.138. The number of aromatic nitrogens is 3. The van der Waals surface area contributed by atoms with Crippen LogP contribution in [0.4, 0.5) is 0 Å². The summed E-state index contributed by atoms with van der Waals surface area (Å²) in [7, 11) is 0. The van der Waals surface area contributed by atoms with Crippen molar-refractivity contribution in [2.24, 2.45) is 0 Å². The Labute approximate surface area is 361 Å². The van der Waals surface area contributed by atoms with Crippen LogP contribution in [0.25, 0.3) is 89.8 Å². The fraction of sp³-hybridized carbons (Fsp3) is 0. The molecule has 0 aliphatic carbocycles. The van der Waals surface area contributed by atoms with Gasteiger partial charge in [0.05, 0.1) is 22.8 Å². The topological polar surface area (TPSA) is 38.7 Å². The fourth-order valence-electron chi connectivity index (χ4n) is 7.53. The minimum absolute atomic E-state index is 0.710. The molecule has 0 bridgehead atoms. The van der Waals surface area contributed by atoms with E-state index in [1.807, 2.05) is 42.5 Å². The Balaban J connectivity index is 0.827. The second kappa shape index (κ2) is 17.3. The number of hydrogen-bond donors (Lipinski definition) is 0. The molecule has 0 atom stereocenters. The summed E-state index contributed by atoms with van der Waals surface area (Å²) in [5.41, 5.74) is 16.0. The minimum Gasteiger partial charge on any atom is -0.248 e. The van der Waals surface area contributed by atoms with Crippen LogP contribution < -0.4 is 0 Å². The summed E-state index contributed by atoms with van der Waals surface area (Å²) in [5, 5.41) is 0. The molecule has 0 fully saturated rings. The normalized spacial score (nSPS) is 11.0. The average Bonchev–Trinajstić information content (AvgIpc) is 3.35. The zero-order chi connectivity index (χ0) is 40.8. The summed E-state index contributed by atoms with van der Waals surface area (Å²) >= 11 is 1.77. The third-order valence-electron chi connectivity index (χ3n) is 10.8. The molecule has 0 aliphatic rings. The molecule has 0 saturated heterocycles. The molecule has 0 saturated carbocycles. The Bertz CT molecular complexity index is 2700. The van der Waals surface area contributed by atoms with Crippen molar-refractivity contribution < 1.29 is 0 Å². The van der Waals surface area contributed by atoms with Gasteiger partial charge >= 0.3 is 0 Å². The first-order valence-corrected chi connectivity index (χ1v) is 21.2. The highest BCUT2D eigenvalue weighted by Crippen LogP contribution is 2.35. The van der Waals surface area contributed by atoms with Crippen LogP contribution in [-0.4, -0.2) is 15.0 Å². The standard InChI is InChI=1S/C57H39N3S/c1-5-13-40(14-6-1)50-37-53(45-15-7-2-8-16-45)58-54(38-50)48-25-21-41(22-26-48)43-29-33-51(34-30-43)61-52-35-31-44(32-36-52)42-23-27-49(28-24-42)57-59-55(46-17-9-3-10-18-46)39-56(60-57)47-19-11-4-12-20-47/h1-39H. The van der Waals surface area contributed by atoms with Gasteiger partial charge in [-0.05, 0) is 75.8 Å². The van der Waals surface area contributed by atoms with Gasteiger partial charge in [-0.2, -0.15) is 0 Å². The van der Waals surface area contributed by atoms with Crippen LogP contribution in [-0.2, 0) is 0 Å². The van der Waals surface area contributed by atoms with E-state index in [9.17, 15) is 0 Å². The molecular weight excluding hydrogens is 759 g/mol. The van der Waals surface area contributed by atoms with Crippen LogP contribution in [0, 0.1) is 0 Å². The van der Waals surface area contributed by atoms with E-state index in [0.717, 1.165) is 67.3 Å². The zero-order valence-corrected chi connectivity index (χ0v) is 34.1. The van der Waals surface area contributed by atoms with Crippen molar-refractivity contribution in [3.05, 3.63) is 237 Å². The maximum absolute atomic E-state index is 5.11. The second-order valence-electron chi connectivity index (χ2n) is 14.9. The molecule has 0 unspecified atom stereocenters. The molecule has 0 amide bonds. The second-order valence-corrected chi connectivity index (χ2v) is 16.0. The van der Waals surface area contributed by atoms with E-state index in [2.05, 4.69) is 194 Å². The Hall–Kier alpha value is -7.66. The first-order chi connectivity index (χ1) is 30.2. The lowest BCUT2D eigenvalue weighted by Gasteiger charge is -2.11. The Morgan fingerprint density at radius 1 is 0.213 bits per heavy atom. The maximum atomic E-state index is 5.11. The third-order valence-corrected chi connectivity index (χ3v) is 11.8. The number of rotatable bonds is 10. The molecule has 0 radical (unpaired) electrons. The molecule has 3 nitrogen and oxygen atoms in total. The molecule has 0 spiro atoms. The lowest BCUT2D eigenvalue weighted by atomic mass is 9.98. The van der Waals surface area contributed by atoms with Crippen LogP contribution in [0.5, 0.6) is 0 Å². The summed E-state index contributed by atoms with van der Waals surface area (Å²) in [5.74, 6) is 0.710. The Kier molecular flexibility index (Phi) is 10.7. The highest BCUT2D eigenvalue weighted by Gasteiger charge is 2.13. The van der Waals surface area contributed by atoms with Gasteiger partial charge in [-0.25, -0.2) is 15.0 Å². The first kappa shape index (κ1) is 37.6. The largest absolute Gasteiger partial charge is 0.248 e. The number of hydrogen-bond acceptors (Lipinski definition) is 4. The van der Waals surface area contributed by atoms with Crippen LogP contribution in [0.15, 0.2) is 246 Å². The maximum Gasteiger partial charge on any atom is 0.160 e. The van der Waals surface area contributed by atoms with Crippen molar-refractivity contribution in [3.63, 3.8) is 0 Å². The van der Waals surface area contributed by atoms with Crippen LogP contribution in [0.1, 0.15) is 0 Å². The molecule has 288 valence electrons. The van der Waals surface area contributed by atoms with Crippen molar-refractivity contribution in [2.45, 2.75) is 9.79 Å². The predicted octanol–water partition coefficient (Wildman–Crippen LogP) is 15.4. The molecule has 0 aliphatic heterocycles. The van der Waals surface area contributed by atoms with E-state index in [4.69, 9.17) is 15.0 Å². The number of pyridine rings is 1. The monoisotopic (exact) mass is 797 g/mol. The van der Waals surface area contributed by atoms with Gasteiger partial charge in [0, 0.05) is 37.6 Å². The van der Waals surface area contributed by atoms with Crippen LogP contribution in [0.2, 0.25) is 0 Å². The highest BCUT2D eigenvalue weighted by atomic mass is 32.2. The summed E-state index contributed by atoms with van der Waals surface area (Å²) in [4.78, 5) is 17.5. The van der Waals surface area contributed by atoms with E-state index in [0.29, 0.717) is 5.82 Å². The van der Waals surface area contributed by atoms with E-state index < -0.39 is 0 Å². The van der Waals surface area contributed by atoms with Crippen molar-refractivity contribution in [1.82, 2.24) is 15.0 Å². The van der Waals surface area contributed by atoms with Crippen molar-refractivity contribution in [1.29, 1.82) is 0 Å². The average molecular weight is 798 g/mol. The predicted molar refractivity (Wildman–Crippen MR) is 254 cm³/mol. The molecule has 10 rings (SSSR count). The molecule has 61 heavy (non-hydrogen) atoms. The fourth-order valence-corrected chi connectivity index (χ4v) is 8.35. The SMILES string of the molecule is c1ccc(-c2cc(-c3ccccc3)nc(-c3ccc(-c4ccc(Sc5ccc(-c6ccc(-c7nc(-c8ccccc8)cc(-c8ccccc8)n7)cc6)cc5)cc4)cc3)c2)cc1. The van der Waals surface area contributed by atoms with Gasteiger partial charge in [0.25, 0.3) is 0 Å². The summed E-state index contributed by atoms with van der Waals surface area (Å²) in [6.45, 7) is 0. The number of nitrogens with zero attached hydrogens (tertiary/aromatic N) is 3. The Morgan fingerprint density at radius 2 is 0.492 bits per heavy atom. The van der Waals surface area contributed by atoms with Gasteiger partial charge in [0.15, 0.2) is 5.82 Å². The highest BCUT2D eigenvalue weighted by molar-refractivity contribution is 7.99. The van der Waals surface area contributed by atoms with Gasteiger partial charge in [0.1, 0.15) is 0 Å². The smallest absolute Gasteiger partial charge is 0.160 e. The van der Waals surface area contributed by atoms with E-state index in [1.165, 1.54) is 26.5 Å². The van der Waals surface area contributed by atoms with Gasteiger partial charge in [0.2, 0.25) is 0 Å². The summed E-state index contributed by atoms with van der Waals surface area (Å²) in [6.07, 6.45) is 0. The molecule has 10 aromatic rings. The van der Waals surface area contributed by atoms with Gasteiger partial charge < -0.3 is 0 Å². The first-order valence-electron chi connectivity index (χ1n) is 20.4. The molecule has 2 aromatic heterocycles. The zero-order valence-electron chi connectivity index (χ0n) is 33.3. The molecule has 8 aromatic carbocycles. The Morgan fingerprint density at radius 3 is 0.885 bits per heavy atom. The lowest BCUT2D eigenvalue weighted by molar-refractivity contribution is 1.18. The minimum atomic E-state index is 0.710. The third kappa shape index (κ3) is 8.58.